The third kappa shape index (κ3) is 0.893. The first-order valence-corrected chi connectivity index (χ1v) is 7.04. The van der Waals surface area contributed by atoms with Crippen LogP contribution in [0.4, 0.5) is 0 Å². The Balaban J connectivity index is 1.89. The number of hydrogen-bond donors (Lipinski definition) is 0. The van der Waals surface area contributed by atoms with Gasteiger partial charge in [-0.15, -0.1) is 0 Å². The molecule has 90 valence electrons. The number of allylic oxidation sites excluding steroid dienone is 4. The molecule has 0 amide bonds. The Morgan fingerprint density at radius 1 is 1.35 bits per heavy atom. The van der Waals surface area contributed by atoms with Crippen LogP contribution in [0.15, 0.2) is 23.8 Å². The van der Waals surface area contributed by atoms with Gasteiger partial charge in [0.15, 0.2) is 0 Å². The molecule has 4 aliphatic rings. The van der Waals surface area contributed by atoms with E-state index in [-0.39, 0.29) is 5.41 Å². The first kappa shape index (κ1) is 10.1. The number of hydrogen-bond acceptors (Lipinski definition) is 1. The van der Waals surface area contributed by atoms with Gasteiger partial charge in [0.1, 0.15) is 6.29 Å². The summed E-state index contributed by atoms with van der Waals surface area (Å²) in [7, 11) is 0. The summed E-state index contributed by atoms with van der Waals surface area (Å²) in [5, 5.41) is 0. The normalized spacial score (nSPS) is 60.2. The lowest BCUT2D eigenvalue weighted by Gasteiger charge is -2.41. The molecule has 4 rings (SSSR count). The Labute approximate surface area is 103 Å². The van der Waals surface area contributed by atoms with Crippen molar-refractivity contribution in [2.45, 2.75) is 26.7 Å². The van der Waals surface area contributed by atoms with E-state index in [2.05, 4.69) is 32.1 Å². The maximum absolute atomic E-state index is 11.9. The van der Waals surface area contributed by atoms with E-state index >= 15 is 0 Å². The van der Waals surface area contributed by atoms with Gasteiger partial charge >= 0.3 is 0 Å². The lowest BCUT2D eigenvalue weighted by atomic mass is 9.61. The molecule has 0 N–H and O–H groups in total. The smallest absolute Gasteiger partial charge is 0.130 e. The van der Waals surface area contributed by atoms with Gasteiger partial charge in [-0.2, -0.15) is 0 Å². The molecule has 3 saturated carbocycles. The second kappa shape index (κ2) is 2.93. The van der Waals surface area contributed by atoms with Crippen LogP contribution >= 0.6 is 0 Å². The van der Waals surface area contributed by atoms with E-state index in [0.29, 0.717) is 17.8 Å². The van der Waals surface area contributed by atoms with Gasteiger partial charge in [-0.3, -0.25) is 0 Å². The van der Waals surface area contributed by atoms with Crippen LogP contribution in [-0.2, 0) is 4.79 Å². The predicted octanol–water partition coefficient (Wildman–Crippen LogP) is 3.23. The van der Waals surface area contributed by atoms with Gasteiger partial charge in [0, 0.05) is 0 Å². The molecule has 0 aromatic carbocycles. The third-order valence-corrected chi connectivity index (χ3v) is 6.37. The van der Waals surface area contributed by atoms with Crippen LogP contribution in [0, 0.1) is 40.9 Å². The molecule has 0 radical (unpaired) electrons. The largest absolute Gasteiger partial charge is 0.302 e. The summed E-state index contributed by atoms with van der Waals surface area (Å²) in [5.41, 5.74) is 1.38. The van der Waals surface area contributed by atoms with Crippen molar-refractivity contribution in [2.75, 3.05) is 0 Å². The van der Waals surface area contributed by atoms with Crippen molar-refractivity contribution in [3.05, 3.63) is 23.8 Å². The van der Waals surface area contributed by atoms with Crippen LogP contribution in [0.3, 0.4) is 0 Å². The summed E-state index contributed by atoms with van der Waals surface area (Å²) < 4.78 is 0. The lowest BCUT2D eigenvalue weighted by Crippen LogP contribution is -2.39. The Kier molecular flexibility index (Phi) is 1.74. The molecule has 1 nitrogen and oxygen atoms in total. The topological polar surface area (TPSA) is 17.1 Å². The van der Waals surface area contributed by atoms with Crippen molar-refractivity contribution in [3.8, 4) is 0 Å². The molecule has 7 unspecified atom stereocenters. The van der Waals surface area contributed by atoms with Crippen LogP contribution in [0.25, 0.3) is 0 Å². The first-order chi connectivity index (χ1) is 8.23. The van der Waals surface area contributed by atoms with Crippen molar-refractivity contribution >= 4 is 6.29 Å². The summed E-state index contributed by atoms with van der Waals surface area (Å²) >= 11 is 0. The SMILES string of the molecule is CC=C1C(C)C2CC1(C=O)C1C3C=CC(C3)C21. The number of carbonyl (C=O) groups is 1. The van der Waals surface area contributed by atoms with E-state index in [1.165, 1.54) is 18.3 Å². The molecule has 0 aliphatic heterocycles. The monoisotopic (exact) mass is 228 g/mol. The fourth-order valence-electron chi connectivity index (χ4n) is 6.03. The minimum absolute atomic E-state index is 0.0757. The Bertz CT molecular complexity index is 446. The highest BCUT2D eigenvalue weighted by Crippen LogP contribution is 2.73. The van der Waals surface area contributed by atoms with E-state index in [1.54, 1.807) is 0 Å². The molecule has 0 aromatic heterocycles. The molecule has 4 bridgehead atoms. The maximum Gasteiger partial charge on any atom is 0.130 e. The van der Waals surface area contributed by atoms with Crippen LogP contribution in [0.2, 0.25) is 0 Å². The zero-order chi connectivity index (χ0) is 11.8. The Morgan fingerprint density at radius 2 is 2.12 bits per heavy atom. The van der Waals surface area contributed by atoms with Crippen molar-refractivity contribution in [1.82, 2.24) is 0 Å². The van der Waals surface area contributed by atoms with Crippen molar-refractivity contribution in [3.63, 3.8) is 0 Å². The van der Waals surface area contributed by atoms with Crippen molar-refractivity contribution in [2.24, 2.45) is 40.9 Å². The Morgan fingerprint density at radius 3 is 2.82 bits per heavy atom. The molecule has 0 heterocycles. The second-order valence-electron chi connectivity index (χ2n) is 6.61. The van der Waals surface area contributed by atoms with Gasteiger partial charge in [-0.1, -0.05) is 30.7 Å². The molecule has 0 spiro atoms. The average Bonchev–Trinajstić information content (AvgIpc) is 3.05. The van der Waals surface area contributed by atoms with E-state index in [1.807, 2.05) is 0 Å². The van der Waals surface area contributed by atoms with E-state index < -0.39 is 0 Å². The minimum Gasteiger partial charge on any atom is -0.302 e. The highest BCUT2D eigenvalue weighted by Gasteiger charge is 2.68. The highest BCUT2D eigenvalue weighted by atomic mass is 16.1. The van der Waals surface area contributed by atoms with Crippen LogP contribution in [0.1, 0.15) is 26.7 Å². The standard InChI is InChI=1S/C16H20O/c1-3-13-9(2)12-7-16(13,8-17)15-11-5-4-10(6-11)14(12)15/h3-5,8-12,14-15H,6-7H2,1-2H3. The van der Waals surface area contributed by atoms with E-state index in [9.17, 15) is 4.79 Å². The zero-order valence-corrected chi connectivity index (χ0v) is 10.6. The predicted molar refractivity (Wildman–Crippen MR) is 67.2 cm³/mol. The third-order valence-electron chi connectivity index (χ3n) is 6.37. The van der Waals surface area contributed by atoms with Gasteiger partial charge in [-0.25, -0.2) is 0 Å². The quantitative estimate of drug-likeness (QED) is 0.382. The summed E-state index contributed by atoms with van der Waals surface area (Å²) in [6.07, 6.45) is 10.9. The molecule has 7 atom stereocenters. The molecule has 4 aliphatic carbocycles. The van der Waals surface area contributed by atoms with Crippen LogP contribution in [-0.4, -0.2) is 6.29 Å². The second-order valence-corrected chi connectivity index (χ2v) is 6.61. The number of aldehydes is 1. The lowest BCUT2D eigenvalue weighted by molar-refractivity contribution is -0.116. The summed E-state index contributed by atoms with van der Waals surface area (Å²) in [4.78, 5) is 11.9. The number of fused-ring (bicyclic) bond motifs is 9. The summed E-state index contributed by atoms with van der Waals surface area (Å²) in [5.74, 6) is 4.35. The van der Waals surface area contributed by atoms with Crippen LogP contribution < -0.4 is 0 Å². The number of rotatable bonds is 1. The summed E-state index contributed by atoms with van der Waals surface area (Å²) in [6.45, 7) is 4.47. The van der Waals surface area contributed by atoms with Gasteiger partial charge in [0.25, 0.3) is 0 Å². The van der Waals surface area contributed by atoms with Crippen LogP contribution in [0.5, 0.6) is 0 Å². The van der Waals surface area contributed by atoms with Gasteiger partial charge < -0.3 is 4.79 Å². The molecule has 3 fully saturated rings. The van der Waals surface area contributed by atoms with Crippen molar-refractivity contribution in [1.29, 1.82) is 0 Å². The van der Waals surface area contributed by atoms with E-state index in [0.717, 1.165) is 24.2 Å². The molecule has 17 heavy (non-hydrogen) atoms. The fraction of sp³-hybridized carbons (Fsp3) is 0.688. The van der Waals surface area contributed by atoms with E-state index in [4.69, 9.17) is 0 Å². The molecule has 0 aromatic rings. The minimum atomic E-state index is -0.0757. The molecular weight excluding hydrogens is 208 g/mol. The van der Waals surface area contributed by atoms with Crippen molar-refractivity contribution < 1.29 is 4.79 Å². The van der Waals surface area contributed by atoms with Gasteiger partial charge in [-0.05, 0) is 55.3 Å². The van der Waals surface area contributed by atoms with Gasteiger partial charge in [0.05, 0.1) is 5.41 Å². The maximum atomic E-state index is 11.9. The summed E-state index contributed by atoms with van der Waals surface area (Å²) in [6, 6.07) is 0. The number of carbonyl (C=O) groups excluding carboxylic acids is 1. The fourth-order valence-corrected chi connectivity index (χ4v) is 6.03. The molecule has 1 heteroatoms. The highest BCUT2D eigenvalue weighted by molar-refractivity contribution is 5.70. The first-order valence-electron chi connectivity index (χ1n) is 7.04. The zero-order valence-electron chi connectivity index (χ0n) is 10.6. The molecular formula is C16H20O. The molecule has 0 saturated heterocycles. The average molecular weight is 228 g/mol. The Hall–Kier alpha value is -0.850. The van der Waals surface area contributed by atoms with Gasteiger partial charge in [0.2, 0.25) is 0 Å².